The molecule has 0 atom stereocenters. The fourth-order valence-corrected chi connectivity index (χ4v) is 3.59. The van der Waals surface area contributed by atoms with Gasteiger partial charge in [-0.1, -0.05) is 40.8 Å². The number of thioether (sulfide) groups is 1. The van der Waals surface area contributed by atoms with Gasteiger partial charge in [0.1, 0.15) is 5.82 Å². The summed E-state index contributed by atoms with van der Waals surface area (Å²) >= 11 is 8.82. The first-order valence-corrected chi connectivity index (χ1v) is 9.64. The van der Waals surface area contributed by atoms with Gasteiger partial charge < -0.3 is 16.4 Å². The summed E-state index contributed by atoms with van der Waals surface area (Å²) in [4.78, 5) is 12.6. The van der Waals surface area contributed by atoms with Gasteiger partial charge in [0.2, 0.25) is 17.0 Å². The van der Waals surface area contributed by atoms with Gasteiger partial charge in [-0.05, 0) is 24.3 Å². The highest BCUT2D eigenvalue weighted by atomic mass is 35.5. The molecule has 1 aromatic carbocycles. The van der Waals surface area contributed by atoms with Gasteiger partial charge in [-0.15, -0.1) is 16.8 Å². The number of rotatable bonds is 8. The molecule has 2 heterocycles. The Morgan fingerprint density at radius 2 is 2.00 bits per heavy atom. The fraction of sp³-hybridized carbons (Fsp3) is 0.133. The van der Waals surface area contributed by atoms with Crippen LogP contribution in [0, 0.1) is 0 Å². The highest BCUT2D eigenvalue weighted by Gasteiger charge is 2.09. The van der Waals surface area contributed by atoms with Crippen molar-refractivity contribution >= 4 is 57.4 Å². The van der Waals surface area contributed by atoms with Gasteiger partial charge in [0.25, 0.3) is 0 Å². The maximum absolute atomic E-state index is 5.88. The molecule has 0 aliphatic carbocycles. The molecule has 0 fully saturated rings. The zero-order valence-electron chi connectivity index (χ0n) is 13.5. The van der Waals surface area contributed by atoms with Crippen molar-refractivity contribution in [1.29, 1.82) is 0 Å². The van der Waals surface area contributed by atoms with E-state index in [1.54, 1.807) is 18.2 Å². The van der Waals surface area contributed by atoms with E-state index in [2.05, 4.69) is 42.4 Å². The summed E-state index contributed by atoms with van der Waals surface area (Å²) in [7, 11) is 0. The molecule has 0 aliphatic rings. The molecule has 0 radical (unpaired) electrons. The number of benzene rings is 1. The fourth-order valence-electron chi connectivity index (χ4n) is 1.85. The van der Waals surface area contributed by atoms with Crippen molar-refractivity contribution in [3.05, 3.63) is 47.8 Å². The third kappa shape index (κ3) is 5.28. The molecule has 3 rings (SSSR count). The smallest absolute Gasteiger partial charge is 0.232 e. The van der Waals surface area contributed by atoms with Crippen LogP contribution in [0.25, 0.3) is 0 Å². The Kier molecular flexibility index (Phi) is 6.21. The summed E-state index contributed by atoms with van der Waals surface area (Å²) in [5.74, 6) is 1.58. The van der Waals surface area contributed by atoms with Crippen LogP contribution in [0.4, 0.5) is 22.7 Å². The summed E-state index contributed by atoms with van der Waals surface area (Å²) < 4.78 is 0.808. The molecule has 3 aromatic rings. The van der Waals surface area contributed by atoms with Crippen LogP contribution in [-0.2, 0) is 5.75 Å². The molecule has 0 saturated carbocycles. The summed E-state index contributed by atoms with van der Waals surface area (Å²) in [6, 6.07) is 7.21. The van der Waals surface area contributed by atoms with Gasteiger partial charge in [0, 0.05) is 17.3 Å². The molecular formula is C15H15ClN8S2. The van der Waals surface area contributed by atoms with Crippen molar-refractivity contribution in [2.75, 3.05) is 22.9 Å². The van der Waals surface area contributed by atoms with Gasteiger partial charge in [0.05, 0.1) is 5.75 Å². The first-order valence-electron chi connectivity index (χ1n) is 7.46. The minimum atomic E-state index is 0.151. The van der Waals surface area contributed by atoms with E-state index >= 15 is 0 Å². The second-order valence-corrected chi connectivity index (χ2v) is 7.53. The van der Waals surface area contributed by atoms with Crippen molar-refractivity contribution in [1.82, 2.24) is 25.1 Å². The number of nitrogens with one attached hydrogen (secondary N) is 2. The Balaban J connectivity index is 1.64. The minimum absolute atomic E-state index is 0.151. The lowest BCUT2D eigenvalue weighted by molar-refractivity contribution is 0.974. The van der Waals surface area contributed by atoms with E-state index in [9.17, 15) is 0 Å². The molecule has 0 saturated heterocycles. The van der Waals surface area contributed by atoms with Gasteiger partial charge in [-0.25, -0.2) is 0 Å². The highest BCUT2D eigenvalue weighted by molar-refractivity contribution is 8.00. The number of hydrogen-bond acceptors (Lipinski definition) is 10. The van der Waals surface area contributed by atoms with Gasteiger partial charge in [0.15, 0.2) is 4.34 Å². The third-order valence-electron chi connectivity index (χ3n) is 2.93. The second kappa shape index (κ2) is 8.79. The van der Waals surface area contributed by atoms with Crippen LogP contribution in [0.2, 0.25) is 5.02 Å². The normalized spacial score (nSPS) is 10.5. The zero-order chi connectivity index (χ0) is 18.4. The van der Waals surface area contributed by atoms with Crippen molar-refractivity contribution in [3.63, 3.8) is 0 Å². The van der Waals surface area contributed by atoms with E-state index in [1.165, 1.54) is 23.1 Å². The van der Waals surface area contributed by atoms with E-state index in [0.717, 1.165) is 15.2 Å². The van der Waals surface area contributed by atoms with Gasteiger partial charge in [-0.3, -0.25) is 0 Å². The lowest BCUT2D eigenvalue weighted by Gasteiger charge is -2.07. The number of halogens is 1. The van der Waals surface area contributed by atoms with Gasteiger partial charge >= 0.3 is 0 Å². The quantitative estimate of drug-likeness (QED) is 0.381. The first-order chi connectivity index (χ1) is 12.6. The lowest BCUT2D eigenvalue weighted by Crippen LogP contribution is -2.06. The van der Waals surface area contributed by atoms with E-state index in [-0.39, 0.29) is 5.95 Å². The Bertz CT molecular complexity index is 884. The van der Waals surface area contributed by atoms with E-state index in [0.29, 0.717) is 29.1 Å². The maximum Gasteiger partial charge on any atom is 0.232 e. The SMILES string of the molecule is C=CCNc1nnc(SCc2nc(N)nc(Nc3ccc(Cl)cc3)n2)s1. The number of nitrogens with zero attached hydrogens (tertiary/aromatic N) is 5. The number of hydrogen-bond donors (Lipinski definition) is 3. The third-order valence-corrected chi connectivity index (χ3v) is 5.19. The van der Waals surface area contributed by atoms with Crippen molar-refractivity contribution in [3.8, 4) is 0 Å². The first kappa shape index (κ1) is 18.4. The van der Waals surface area contributed by atoms with Gasteiger partial charge in [-0.2, -0.15) is 15.0 Å². The van der Waals surface area contributed by atoms with Crippen LogP contribution >= 0.6 is 34.7 Å². The predicted octanol–water partition coefficient (Wildman–Crippen LogP) is 3.59. The van der Waals surface area contributed by atoms with Crippen LogP contribution in [0.1, 0.15) is 5.82 Å². The number of nitrogen functional groups attached to an aromatic ring is 1. The molecule has 0 bridgehead atoms. The molecule has 11 heteroatoms. The summed E-state index contributed by atoms with van der Waals surface area (Å²) in [5.41, 5.74) is 6.59. The molecule has 4 N–H and O–H groups in total. The topological polar surface area (TPSA) is 115 Å². The van der Waals surface area contributed by atoms with Crippen LogP contribution < -0.4 is 16.4 Å². The van der Waals surface area contributed by atoms with Crippen LogP contribution in [0.5, 0.6) is 0 Å². The molecule has 134 valence electrons. The molecule has 8 nitrogen and oxygen atoms in total. The number of nitrogens with two attached hydrogens (primary N) is 1. The number of anilines is 4. The zero-order valence-corrected chi connectivity index (χ0v) is 15.9. The molecule has 26 heavy (non-hydrogen) atoms. The van der Waals surface area contributed by atoms with E-state index < -0.39 is 0 Å². The van der Waals surface area contributed by atoms with E-state index in [1.807, 2.05) is 12.1 Å². The molecule has 2 aromatic heterocycles. The Hall–Kier alpha value is -2.43. The molecule has 0 aliphatic heterocycles. The molecule has 0 spiro atoms. The Labute approximate surface area is 163 Å². The standard InChI is InChI=1S/C15H15ClN8S2/c1-2-7-18-14-23-24-15(26-14)25-8-11-20-12(17)22-13(21-11)19-10-5-3-9(16)4-6-10/h2-6H,1,7-8H2,(H,18,23)(H3,17,19,20,21,22). The van der Waals surface area contributed by atoms with Crippen LogP contribution in [-0.4, -0.2) is 31.7 Å². The summed E-state index contributed by atoms with van der Waals surface area (Å²) in [5, 5.41) is 15.7. The average Bonchev–Trinajstić information content (AvgIpc) is 3.08. The van der Waals surface area contributed by atoms with E-state index in [4.69, 9.17) is 17.3 Å². The second-order valence-electron chi connectivity index (χ2n) is 4.90. The Morgan fingerprint density at radius 1 is 1.19 bits per heavy atom. The summed E-state index contributed by atoms with van der Waals surface area (Å²) in [6.45, 7) is 4.29. The number of aromatic nitrogens is 5. The van der Waals surface area contributed by atoms with Crippen molar-refractivity contribution in [2.45, 2.75) is 10.1 Å². The van der Waals surface area contributed by atoms with Crippen molar-refractivity contribution < 1.29 is 0 Å². The monoisotopic (exact) mass is 406 g/mol. The van der Waals surface area contributed by atoms with Crippen molar-refractivity contribution in [2.24, 2.45) is 0 Å². The maximum atomic E-state index is 5.88. The molecule has 0 unspecified atom stereocenters. The molecule has 0 amide bonds. The molecular weight excluding hydrogens is 392 g/mol. The van der Waals surface area contributed by atoms with Crippen LogP contribution in [0.3, 0.4) is 0 Å². The lowest BCUT2D eigenvalue weighted by atomic mass is 10.3. The Morgan fingerprint density at radius 3 is 2.77 bits per heavy atom. The summed E-state index contributed by atoms with van der Waals surface area (Å²) in [6.07, 6.45) is 1.76. The highest BCUT2D eigenvalue weighted by Crippen LogP contribution is 2.27. The minimum Gasteiger partial charge on any atom is -0.368 e. The average molecular weight is 407 g/mol. The van der Waals surface area contributed by atoms with Crippen LogP contribution in [0.15, 0.2) is 41.3 Å². The predicted molar refractivity (Wildman–Crippen MR) is 107 cm³/mol. The largest absolute Gasteiger partial charge is 0.368 e.